The van der Waals surface area contributed by atoms with E-state index in [1.807, 2.05) is 48.5 Å². The minimum Gasteiger partial charge on any atom is -0.501 e. The van der Waals surface area contributed by atoms with Crippen LogP contribution >= 0.6 is 0 Å². The number of pyridine rings is 1. The predicted molar refractivity (Wildman–Crippen MR) is 252 cm³/mol. The zero-order valence-corrected chi connectivity index (χ0v) is 41.0. The molecule has 0 atom stereocenters. The predicted octanol–water partition coefficient (Wildman–Crippen LogP) is 13.4. The first-order valence-electron chi connectivity index (χ1n) is 21.1. The summed E-state index contributed by atoms with van der Waals surface area (Å²) in [6, 6.07) is 46.4. The van der Waals surface area contributed by atoms with Gasteiger partial charge in [-0.3, -0.25) is 4.98 Å². The van der Waals surface area contributed by atoms with E-state index in [9.17, 15) is 0 Å². The summed E-state index contributed by atoms with van der Waals surface area (Å²) in [6.45, 7) is 13.5. The number of fused-ring (bicyclic) bond motifs is 4. The molecule has 0 aliphatic rings. The number of nitrogens with zero attached hydrogens (tertiary/aromatic N) is 5. The van der Waals surface area contributed by atoms with Gasteiger partial charge in [0.2, 0.25) is 0 Å². The van der Waals surface area contributed by atoms with E-state index in [-0.39, 0.29) is 31.9 Å². The van der Waals surface area contributed by atoms with Crippen LogP contribution in [0.15, 0.2) is 132 Å². The number of para-hydroxylation sites is 1. The molecule has 0 saturated carbocycles. The summed E-state index contributed by atoms with van der Waals surface area (Å²) in [5, 5.41) is 11.0. The molecule has 0 unspecified atom stereocenters. The van der Waals surface area contributed by atoms with Gasteiger partial charge in [-0.1, -0.05) is 87.2 Å². The van der Waals surface area contributed by atoms with Crippen LogP contribution in [0.5, 0.6) is 0 Å². The van der Waals surface area contributed by atoms with Gasteiger partial charge in [-0.25, -0.2) is 0 Å². The van der Waals surface area contributed by atoms with Crippen molar-refractivity contribution < 1.29 is 24.5 Å². The molecule has 9 aromatic rings. The van der Waals surface area contributed by atoms with E-state index in [2.05, 4.69) is 159 Å². The smallest absolute Gasteiger partial charge is 0.178 e. The van der Waals surface area contributed by atoms with Crippen LogP contribution in [0.1, 0.15) is 70.1 Å². The van der Waals surface area contributed by atoms with Gasteiger partial charge in [0.05, 0.1) is 17.6 Å². The summed E-state index contributed by atoms with van der Waals surface area (Å²) >= 11 is -1.86. The van der Waals surface area contributed by atoms with Gasteiger partial charge >= 0.3 is 126 Å². The third kappa shape index (κ3) is 9.06. The van der Waals surface area contributed by atoms with Gasteiger partial charge in [0.15, 0.2) is 5.65 Å². The molecule has 4 aromatic heterocycles. The number of hydrogen-bond donors (Lipinski definition) is 0. The van der Waals surface area contributed by atoms with Crippen molar-refractivity contribution in [2.75, 3.05) is 0 Å². The van der Waals surface area contributed by atoms with Crippen molar-refractivity contribution in [1.82, 2.24) is 24.7 Å². The van der Waals surface area contributed by atoms with E-state index in [4.69, 9.17) is 14.4 Å². The minimum absolute atomic E-state index is 0. The van der Waals surface area contributed by atoms with E-state index in [1.54, 1.807) is 10.6 Å². The van der Waals surface area contributed by atoms with Gasteiger partial charge in [0, 0.05) is 31.2 Å². The topological polar surface area (TPSA) is 69.6 Å². The van der Waals surface area contributed by atoms with Crippen molar-refractivity contribution in [2.45, 2.75) is 77.1 Å². The first kappa shape index (κ1) is 43.9. The standard InChI is InChI=1S/C35H29N4O.C18H24GeN.Ir/c1-21(2)28-19-24(23-11-6-5-7-12-23)20-29(22(3)4)32(28)39-34(37-30-17-18-36-38-35(30)39)27-15-10-14-26-25-13-8-9-16-31(25)40-33(26)27;1-14(2)11-16-12-18(15-9-7-6-8-10-15)20-13-17(16)19(3,4)5;/h5-14,16-22H,1-4H3;6-9,12-14H,11H2,1-5H3;/q2*-1;. The number of benzene rings is 5. The summed E-state index contributed by atoms with van der Waals surface area (Å²) in [4.78, 5) is 9.83. The second-order valence-electron chi connectivity index (χ2n) is 17.7. The average Bonchev–Trinajstić information content (AvgIpc) is 3.82. The molecule has 1 radical (unpaired) electrons. The number of hydrogen-bond acceptors (Lipinski definition) is 5. The van der Waals surface area contributed by atoms with Gasteiger partial charge in [0.25, 0.3) is 0 Å². The van der Waals surface area contributed by atoms with Crippen LogP contribution in [0, 0.1) is 18.1 Å². The Morgan fingerprint density at radius 1 is 0.721 bits per heavy atom. The zero-order valence-electron chi connectivity index (χ0n) is 36.5. The van der Waals surface area contributed by atoms with Gasteiger partial charge < -0.3 is 8.98 Å². The molecule has 311 valence electrons. The van der Waals surface area contributed by atoms with Crippen LogP contribution in [-0.2, 0) is 26.5 Å². The quantitative estimate of drug-likeness (QED) is 0.106. The van der Waals surface area contributed by atoms with Crippen molar-refractivity contribution in [3.05, 3.63) is 156 Å². The fourth-order valence-corrected chi connectivity index (χ4v) is 11.5. The summed E-state index contributed by atoms with van der Waals surface area (Å²) in [5.74, 6) is 9.25. The zero-order chi connectivity index (χ0) is 42.1. The van der Waals surface area contributed by atoms with Crippen molar-refractivity contribution in [3.63, 3.8) is 0 Å². The maximum Gasteiger partial charge on any atom is 0.178 e. The molecule has 9 rings (SSSR count). The Morgan fingerprint density at radius 2 is 1.43 bits per heavy atom. The molecule has 5 aromatic carbocycles. The fraction of sp³-hybridized carbons (Fsp3) is 0.245. The molecule has 0 aliphatic carbocycles. The maximum absolute atomic E-state index is 6.44. The monoisotopic (exact) mass is 1040 g/mol. The Bertz CT molecular complexity index is 2900. The third-order valence-corrected chi connectivity index (χ3v) is 15.4. The molecule has 0 fully saturated rings. The van der Waals surface area contributed by atoms with Crippen LogP contribution < -0.4 is 4.40 Å². The summed E-state index contributed by atoms with van der Waals surface area (Å²) in [7, 11) is 0. The van der Waals surface area contributed by atoms with E-state index in [1.165, 1.54) is 27.8 Å². The molecule has 61 heavy (non-hydrogen) atoms. The SMILES string of the molecule is CC(C)Cc1cc(-c2[c-]cccc2)nc[c]1[Ge]([CH3])([CH3])[CH3].CC(C)c1cc(-c2ccccc2)cc(C(C)C)c1-n1c(-c2[c-]ccc3c2oc2ccccc23)nc2ccnnc21.[Ir]. The molecule has 0 amide bonds. The van der Waals surface area contributed by atoms with Gasteiger partial charge in [0.1, 0.15) is 11.1 Å². The average molecular weight is 1040 g/mol. The molecule has 0 bridgehead atoms. The van der Waals surface area contributed by atoms with Gasteiger partial charge in [-0.2, -0.15) is 5.10 Å². The minimum atomic E-state index is -1.86. The fourth-order valence-electron chi connectivity index (χ4n) is 8.16. The Hall–Kier alpha value is -5.21. The second kappa shape index (κ2) is 18.4. The van der Waals surface area contributed by atoms with E-state index < -0.39 is 13.3 Å². The summed E-state index contributed by atoms with van der Waals surface area (Å²) in [5.41, 5.74) is 13.5. The number of rotatable bonds is 9. The van der Waals surface area contributed by atoms with Crippen LogP contribution in [-0.4, -0.2) is 38.0 Å². The normalized spacial score (nSPS) is 11.7. The van der Waals surface area contributed by atoms with Crippen LogP contribution in [0.3, 0.4) is 0 Å². The van der Waals surface area contributed by atoms with E-state index >= 15 is 0 Å². The molecule has 0 N–H and O–H groups in total. The molecule has 0 aliphatic heterocycles. The number of aromatic nitrogens is 5. The Labute approximate surface area is 376 Å². The van der Waals surface area contributed by atoms with Crippen LogP contribution in [0.2, 0.25) is 17.3 Å². The molecular weight excluding hydrogens is 987 g/mol. The number of imidazole rings is 1. The Kier molecular flexibility index (Phi) is 13.2. The van der Waals surface area contributed by atoms with Gasteiger partial charge in [-0.05, 0) is 58.4 Å². The first-order chi connectivity index (χ1) is 28.9. The molecule has 8 heteroatoms. The second-order valence-corrected chi connectivity index (χ2v) is 28.3. The Morgan fingerprint density at radius 3 is 2.10 bits per heavy atom. The maximum atomic E-state index is 6.44. The largest absolute Gasteiger partial charge is 0.501 e. The summed E-state index contributed by atoms with van der Waals surface area (Å²) in [6.07, 6.45) is 4.97. The molecule has 4 heterocycles. The van der Waals surface area contributed by atoms with E-state index in [0.29, 0.717) is 5.92 Å². The van der Waals surface area contributed by atoms with Crippen molar-refractivity contribution >= 4 is 50.8 Å². The molecule has 0 spiro atoms. The third-order valence-electron chi connectivity index (χ3n) is 11.0. The van der Waals surface area contributed by atoms with Crippen molar-refractivity contribution in [1.29, 1.82) is 0 Å². The summed E-state index contributed by atoms with van der Waals surface area (Å²) < 4.78 is 10.2. The number of furan rings is 1. The first-order valence-corrected chi connectivity index (χ1v) is 28.5. The molecular formula is C53H53GeIrN5O-2. The van der Waals surface area contributed by atoms with Crippen molar-refractivity contribution in [2.24, 2.45) is 5.92 Å². The Balaban J connectivity index is 0.000000226. The van der Waals surface area contributed by atoms with E-state index in [0.717, 1.165) is 67.9 Å². The van der Waals surface area contributed by atoms with Gasteiger partial charge in [-0.15, -0.1) is 23.3 Å². The molecule has 6 nitrogen and oxygen atoms in total. The van der Waals surface area contributed by atoms with Crippen LogP contribution in [0.4, 0.5) is 0 Å². The molecule has 0 saturated heterocycles. The van der Waals surface area contributed by atoms with Crippen molar-refractivity contribution in [3.8, 4) is 39.5 Å². The van der Waals surface area contributed by atoms with Crippen LogP contribution in [0.25, 0.3) is 72.6 Å².